The van der Waals surface area contributed by atoms with Gasteiger partial charge in [-0.3, -0.25) is 0 Å². The lowest BCUT2D eigenvalue weighted by atomic mass is 10.1. The summed E-state index contributed by atoms with van der Waals surface area (Å²) >= 11 is 0. The minimum absolute atomic E-state index is 0.521. The van der Waals surface area contributed by atoms with Gasteiger partial charge in [-0.25, -0.2) is 4.99 Å². The third-order valence-electron chi connectivity index (χ3n) is 1.89. The number of nitrogens with two attached hydrogens (primary N) is 1. The van der Waals surface area contributed by atoms with E-state index in [1.165, 1.54) is 11.8 Å². The Bertz CT molecular complexity index is 351. The largest absolute Gasteiger partial charge is 0.383 e. The minimum atomic E-state index is 0.521. The van der Waals surface area contributed by atoms with Crippen molar-refractivity contribution in [1.82, 2.24) is 0 Å². The summed E-state index contributed by atoms with van der Waals surface area (Å²) in [5.41, 5.74) is 9.08. The summed E-state index contributed by atoms with van der Waals surface area (Å²) < 4.78 is 0. The highest BCUT2D eigenvalue weighted by atomic mass is 14.8. The van der Waals surface area contributed by atoms with Crippen LogP contribution in [0, 0.1) is 13.8 Å². The van der Waals surface area contributed by atoms with E-state index < -0.39 is 0 Å². The molecule has 0 saturated heterocycles. The van der Waals surface area contributed by atoms with Crippen molar-refractivity contribution in [2.24, 2.45) is 10.7 Å². The van der Waals surface area contributed by atoms with Crippen LogP contribution in [0.2, 0.25) is 0 Å². The third-order valence-corrected chi connectivity index (χ3v) is 1.89. The zero-order valence-electron chi connectivity index (χ0n) is 8.04. The number of aryl methyl sites for hydroxylation is 2. The molecule has 0 amide bonds. The molecule has 0 radical (unpaired) electrons. The summed E-state index contributed by atoms with van der Waals surface area (Å²) in [4.78, 5) is 3.94. The molecule has 0 saturated carbocycles. The lowest BCUT2D eigenvalue weighted by Gasteiger charge is -2.04. The van der Waals surface area contributed by atoms with Gasteiger partial charge in [-0.05, 0) is 19.4 Å². The van der Waals surface area contributed by atoms with Crippen molar-refractivity contribution < 1.29 is 0 Å². The molecule has 1 aromatic carbocycles. The SMILES string of the molecule is C=CN=C(N)c1ccc(C)cc1C. The number of rotatable bonds is 2. The molecular formula is C11H14N2. The van der Waals surface area contributed by atoms with Gasteiger partial charge in [0.1, 0.15) is 5.84 Å². The van der Waals surface area contributed by atoms with E-state index in [1.54, 1.807) is 0 Å². The first-order valence-corrected chi connectivity index (χ1v) is 4.17. The molecule has 0 aliphatic heterocycles. The molecule has 0 aliphatic carbocycles. The minimum Gasteiger partial charge on any atom is -0.383 e. The molecule has 2 nitrogen and oxygen atoms in total. The van der Waals surface area contributed by atoms with Crippen LogP contribution in [0.3, 0.4) is 0 Å². The quantitative estimate of drug-likeness (QED) is 0.541. The van der Waals surface area contributed by atoms with E-state index in [0.717, 1.165) is 11.1 Å². The van der Waals surface area contributed by atoms with Crippen LogP contribution in [0.5, 0.6) is 0 Å². The second-order valence-electron chi connectivity index (χ2n) is 3.02. The molecule has 0 unspecified atom stereocenters. The van der Waals surface area contributed by atoms with Crippen molar-refractivity contribution in [3.05, 3.63) is 47.7 Å². The van der Waals surface area contributed by atoms with Gasteiger partial charge in [0, 0.05) is 11.8 Å². The van der Waals surface area contributed by atoms with Crippen molar-refractivity contribution in [3.63, 3.8) is 0 Å². The number of aliphatic imine (C=N–C) groups is 1. The van der Waals surface area contributed by atoms with E-state index in [1.807, 2.05) is 19.1 Å². The molecule has 0 fully saturated rings. The summed E-state index contributed by atoms with van der Waals surface area (Å²) in [5.74, 6) is 0.521. The Hall–Kier alpha value is -1.57. The molecule has 0 bridgehead atoms. The number of benzene rings is 1. The van der Waals surface area contributed by atoms with Crippen molar-refractivity contribution >= 4 is 5.84 Å². The summed E-state index contributed by atoms with van der Waals surface area (Å²) in [6.07, 6.45) is 1.45. The summed E-state index contributed by atoms with van der Waals surface area (Å²) in [7, 11) is 0. The molecular weight excluding hydrogens is 160 g/mol. The van der Waals surface area contributed by atoms with E-state index in [-0.39, 0.29) is 0 Å². The fourth-order valence-electron chi connectivity index (χ4n) is 1.27. The molecule has 0 aliphatic rings. The molecule has 1 rings (SSSR count). The van der Waals surface area contributed by atoms with Gasteiger partial charge in [0.15, 0.2) is 0 Å². The van der Waals surface area contributed by atoms with Gasteiger partial charge in [-0.15, -0.1) is 0 Å². The highest BCUT2D eigenvalue weighted by Crippen LogP contribution is 2.09. The monoisotopic (exact) mass is 174 g/mol. The molecule has 0 spiro atoms. The van der Waals surface area contributed by atoms with Crippen molar-refractivity contribution in [2.75, 3.05) is 0 Å². The van der Waals surface area contributed by atoms with Gasteiger partial charge in [-0.1, -0.05) is 30.3 Å². The Labute approximate surface area is 78.8 Å². The van der Waals surface area contributed by atoms with Crippen LogP contribution in [0.1, 0.15) is 16.7 Å². The normalized spacial score (nSPS) is 11.4. The predicted molar refractivity (Wildman–Crippen MR) is 56.8 cm³/mol. The number of amidine groups is 1. The third kappa shape index (κ3) is 2.18. The van der Waals surface area contributed by atoms with Gasteiger partial charge in [0.05, 0.1) is 0 Å². The Morgan fingerprint density at radius 1 is 1.46 bits per heavy atom. The first-order chi connectivity index (χ1) is 6.15. The van der Waals surface area contributed by atoms with Gasteiger partial charge in [0.25, 0.3) is 0 Å². The predicted octanol–water partition coefficient (Wildman–Crippen LogP) is 2.15. The maximum absolute atomic E-state index is 5.74. The van der Waals surface area contributed by atoms with E-state index in [0.29, 0.717) is 5.84 Å². The van der Waals surface area contributed by atoms with E-state index in [4.69, 9.17) is 5.73 Å². The van der Waals surface area contributed by atoms with Crippen LogP contribution >= 0.6 is 0 Å². The zero-order valence-corrected chi connectivity index (χ0v) is 8.04. The fourth-order valence-corrected chi connectivity index (χ4v) is 1.27. The molecule has 68 valence electrons. The molecule has 2 N–H and O–H groups in total. The summed E-state index contributed by atoms with van der Waals surface area (Å²) in [5, 5.41) is 0. The molecule has 0 heterocycles. The van der Waals surface area contributed by atoms with Crippen LogP contribution in [0.25, 0.3) is 0 Å². The van der Waals surface area contributed by atoms with Crippen LogP contribution in [-0.4, -0.2) is 5.84 Å². The van der Waals surface area contributed by atoms with Crippen LogP contribution in [0.4, 0.5) is 0 Å². The van der Waals surface area contributed by atoms with Crippen LogP contribution in [-0.2, 0) is 0 Å². The second-order valence-corrected chi connectivity index (χ2v) is 3.02. The number of hydrogen-bond donors (Lipinski definition) is 1. The average Bonchev–Trinajstić information content (AvgIpc) is 2.04. The van der Waals surface area contributed by atoms with Crippen LogP contribution in [0.15, 0.2) is 36.0 Å². The Morgan fingerprint density at radius 2 is 2.15 bits per heavy atom. The van der Waals surface area contributed by atoms with Gasteiger partial charge in [-0.2, -0.15) is 0 Å². The fraction of sp³-hybridized carbons (Fsp3) is 0.182. The van der Waals surface area contributed by atoms with Gasteiger partial charge < -0.3 is 5.73 Å². The topological polar surface area (TPSA) is 38.4 Å². The van der Waals surface area contributed by atoms with Crippen LogP contribution < -0.4 is 5.73 Å². The van der Waals surface area contributed by atoms with Gasteiger partial charge in [0.2, 0.25) is 0 Å². The van der Waals surface area contributed by atoms with Gasteiger partial charge >= 0.3 is 0 Å². The lowest BCUT2D eigenvalue weighted by Crippen LogP contribution is -2.14. The molecule has 13 heavy (non-hydrogen) atoms. The number of hydrogen-bond acceptors (Lipinski definition) is 1. The molecule has 2 heteroatoms. The zero-order chi connectivity index (χ0) is 9.84. The average molecular weight is 174 g/mol. The van der Waals surface area contributed by atoms with E-state index >= 15 is 0 Å². The van der Waals surface area contributed by atoms with Crippen molar-refractivity contribution in [1.29, 1.82) is 0 Å². The highest BCUT2D eigenvalue weighted by Gasteiger charge is 2.01. The van der Waals surface area contributed by atoms with Crippen molar-refractivity contribution in [3.8, 4) is 0 Å². The first kappa shape index (κ1) is 9.52. The smallest absolute Gasteiger partial charge is 0.130 e. The Morgan fingerprint density at radius 3 is 2.69 bits per heavy atom. The Balaban J connectivity index is 3.15. The first-order valence-electron chi connectivity index (χ1n) is 4.17. The summed E-state index contributed by atoms with van der Waals surface area (Å²) in [6, 6.07) is 6.08. The molecule has 1 aromatic rings. The standard InChI is InChI=1S/C11H14N2/c1-4-13-11(12)10-6-5-8(2)7-9(10)3/h4-7H,1H2,2-3H3,(H2,12,13). The Kier molecular flexibility index (Phi) is 2.85. The molecule has 0 aromatic heterocycles. The lowest BCUT2D eigenvalue weighted by molar-refractivity contribution is 1.34. The van der Waals surface area contributed by atoms with Crippen molar-refractivity contribution in [2.45, 2.75) is 13.8 Å². The maximum atomic E-state index is 5.74. The second kappa shape index (κ2) is 3.90. The molecule has 0 atom stereocenters. The highest BCUT2D eigenvalue weighted by molar-refractivity contribution is 5.99. The summed E-state index contributed by atoms with van der Waals surface area (Å²) in [6.45, 7) is 7.58. The number of nitrogens with zero attached hydrogens (tertiary/aromatic N) is 1. The van der Waals surface area contributed by atoms with E-state index in [9.17, 15) is 0 Å². The van der Waals surface area contributed by atoms with E-state index in [2.05, 4.69) is 24.6 Å². The maximum Gasteiger partial charge on any atom is 0.130 e.